The SMILES string of the molecule is Cl.c1nnn(C2CN3CCC2C3)n1. The van der Waals surface area contributed by atoms with Gasteiger partial charge in [0.2, 0.25) is 0 Å². The summed E-state index contributed by atoms with van der Waals surface area (Å²) in [5.41, 5.74) is 0. The molecule has 2 saturated heterocycles. The molecule has 2 aliphatic rings. The van der Waals surface area contributed by atoms with Crippen LogP contribution in [0.25, 0.3) is 0 Å². The van der Waals surface area contributed by atoms with E-state index in [1.165, 1.54) is 25.8 Å². The Morgan fingerprint density at radius 1 is 1.31 bits per heavy atom. The third-order valence-corrected chi connectivity index (χ3v) is 2.96. The lowest BCUT2D eigenvalue weighted by Gasteiger charge is -2.20. The molecule has 6 heteroatoms. The van der Waals surface area contributed by atoms with Crippen LogP contribution in [-0.2, 0) is 0 Å². The summed E-state index contributed by atoms with van der Waals surface area (Å²) in [4.78, 5) is 4.24. The molecule has 3 heterocycles. The fourth-order valence-corrected chi connectivity index (χ4v) is 2.34. The van der Waals surface area contributed by atoms with Crippen molar-refractivity contribution < 1.29 is 0 Å². The third-order valence-electron chi connectivity index (χ3n) is 2.96. The molecule has 0 aromatic carbocycles. The topological polar surface area (TPSA) is 46.8 Å². The second-order valence-electron chi connectivity index (χ2n) is 3.63. The maximum atomic E-state index is 4.08. The van der Waals surface area contributed by atoms with E-state index in [1.807, 2.05) is 0 Å². The average molecular weight is 202 g/mol. The molecule has 0 aliphatic carbocycles. The molecule has 2 aliphatic heterocycles. The Labute approximate surface area is 82.5 Å². The predicted octanol–water partition coefficient (Wildman–Crippen LogP) is -0.0285. The Hall–Kier alpha value is -0.680. The van der Waals surface area contributed by atoms with Crippen molar-refractivity contribution in [3.63, 3.8) is 0 Å². The van der Waals surface area contributed by atoms with Crippen LogP contribution in [0, 0.1) is 5.92 Å². The van der Waals surface area contributed by atoms with Crippen molar-refractivity contribution in [2.24, 2.45) is 5.92 Å². The molecular formula is C7H12ClN5. The lowest BCUT2D eigenvalue weighted by molar-refractivity contribution is 0.263. The highest BCUT2D eigenvalue weighted by Crippen LogP contribution is 2.34. The first-order valence-electron chi connectivity index (χ1n) is 4.38. The van der Waals surface area contributed by atoms with E-state index in [-0.39, 0.29) is 12.4 Å². The van der Waals surface area contributed by atoms with E-state index in [2.05, 4.69) is 20.3 Å². The summed E-state index contributed by atoms with van der Waals surface area (Å²) in [5, 5.41) is 11.8. The second-order valence-corrected chi connectivity index (χ2v) is 3.63. The molecule has 0 spiro atoms. The minimum atomic E-state index is 0. The van der Waals surface area contributed by atoms with Gasteiger partial charge in [0.25, 0.3) is 0 Å². The summed E-state index contributed by atoms with van der Waals surface area (Å²) in [7, 11) is 0. The Balaban J connectivity index is 0.000000653. The van der Waals surface area contributed by atoms with Crippen LogP contribution in [0.1, 0.15) is 12.5 Å². The number of hydrogen-bond donors (Lipinski definition) is 0. The Bertz CT molecular complexity index is 274. The number of halogens is 1. The summed E-state index contributed by atoms with van der Waals surface area (Å²) >= 11 is 0. The molecule has 0 saturated carbocycles. The predicted molar refractivity (Wildman–Crippen MR) is 48.6 cm³/mol. The third kappa shape index (κ3) is 1.32. The number of tetrazole rings is 1. The normalized spacial score (nSPS) is 36.2. The zero-order valence-electron chi connectivity index (χ0n) is 7.20. The van der Waals surface area contributed by atoms with Crippen molar-refractivity contribution >= 4 is 12.4 Å². The first-order valence-corrected chi connectivity index (χ1v) is 4.38. The highest BCUT2D eigenvalue weighted by molar-refractivity contribution is 5.85. The van der Waals surface area contributed by atoms with Gasteiger partial charge >= 0.3 is 0 Å². The average Bonchev–Trinajstić information content (AvgIpc) is 2.81. The van der Waals surface area contributed by atoms with E-state index >= 15 is 0 Å². The second kappa shape index (κ2) is 3.23. The standard InChI is InChI=1S/C7H11N5.ClH/c1-2-11-3-6(1)7(4-11)12-9-5-8-10-12;/h5-7H,1-4H2;1H. The van der Waals surface area contributed by atoms with Gasteiger partial charge in [-0.3, -0.25) is 0 Å². The van der Waals surface area contributed by atoms with Crippen molar-refractivity contribution in [2.45, 2.75) is 12.5 Å². The highest BCUT2D eigenvalue weighted by Gasteiger charge is 2.39. The van der Waals surface area contributed by atoms with Crippen LogP contribution >= 0.6 is 12.4 Å². The number of nitrogens with zero attached hydrogens (tertiary/aromatic N) is 5. The molecule has 2 bridgehead atoms. The van der Waals surface area contributed by atoms with Crippen molar-refractivity contribution in [1.82, 2.24) is 25.1 Å². The van der Waals surface area contributed by atoms with Crippen molar-refractivity contribution in [3.05, 3.63) is 6.33 Å². The van der Waals surface area contributed by atoms with Gasteiger partial charge in [0, 0.05) is 13.1 Å². The van der Waals surface area contributed by atoms with Gasteiger partial charge < -0.3 is 4.90 Å². The molecule has 2 fully saturated rings. The van der Waals surface area contributed by atoms with E-state index < -0.39 is 0 Å². The van der Waals surface area contributed by atoms with Gasteiger partial charge in [0.15, 0.2) is 6.33 Å². The molecule has 0 amide bonds. The lowest BCUT2D eigenvalue weighted by Crippen LogP contribution is -2.27. The summed E-state index contributed by atoms with van der Waals surface area (Å²) in [6, 6.07) is 0.487. The van der Waals surface area contributed by atoms with Crippen LogP contribution < -0.4 is 0 Å². The van der Waals surface area contributed by atoms with E-state index in [4.69, 9.17) is 0 Å². The molecule has 0 N–H and O–H groups in total. The fourth-order valence-electron chi connectivity index (χ4n) is 2.34. The van der Waals surface area contributed by atoms with Crippen LogP contribution in [0.5, 0.6) is 0 Å². The van der Waals surface area contributed by atoms with Gasteiger partial charge in [-0.15, -0.1) is 22.6 Å². The molecule has 3 atom stereocenters. The number of fused-ring (bicyclic) bond motifs is 2. The van der Waals surface area contributed by atoms with Gasteiger partial charge in [0.05, 0.1) is 6.04 Å². The van der Waals surface area contributed by atoms with Crippen LogP contribution in [0.3, 0.4) is 0 Å². The Morgan fingerprint density at radius 2 is 2.23 bits per heavy atom. The summed E-state index contributed by atoms with van der Waals surface area (Å²) in [5.74, 6) is 0.763. The Kier molecular flexibility index (Phi) is 2.21. The largest absolute Gasteiger partial charge is 0.301 e. The van der Waals surface area contributed by atoms with Gasteiger partial charge in [-0.2, -0.15) is 4.80 Å². The number of piperidine rings is 1. The summed E-state index contributed by atoms with van der Waals surface area (Å²) in [6.07, 6.45) is 2.81. The molecular weight excluding hydrogens is 190 g/mol. The maximum Gasteiger partial charge on any atom is 0.162 e. The van der Waals surface area contributed by atoms with Crippen molar-refractivity contribution in [3.8, 4) is 0 Å². The first-order chi connectivity index (χ1) is 5.93. The minimum absolute atomic E-state index is 0. The van der Waals surface area contributed by atoms with Crippen LogP contribution in [-0.4, -0.2) is 44.7 Å². The number of rotatable bonds is 1. The van der Waals surface area contributed by atoms with Gasteiger partial charge in [-0.25, -0.2) is 0 Å². The quantitative estimate of drug-likeness (QED) is 0.641. The number of aromatic nitrogens is 4. The molecule has 1 aromatic heterocycles. The molecule has 72 valence electrons. The molecule has 3 unspecified atom stereocenters. The van der Waals surface area contributed by atoms with Crippen LogP contribution in [0.4, 0.5) is 0 Å². The zero-order chi connectivity index (χ0) is 7.97. The summed E-state index contributed by atoms with van der Waals surface area (Å²) in [6.45, 7) is 3.60. The minimum Gasteiger partial charge on any atom is -0.301 e. The van der Waals surface area contributed by atoms with Crippen LogP contribution in [0.2, 0.25) is 0 Å². The first kappa shape index (κ1) is 8.90. The monoisotopic (exact) mass is 201 g/mol. The molecule has 13 heavy (non-hydrogen) atoms. The molecule has 5 nitrogen and oxygen atoms in total. The number of hydrogen-bond acceptors (Lipinski definition) is 4. The van der Waals surface area contributed by atoms with Crippen molar-refractivity contribution in [2.75, 3.05) is 19.6 Å². The highest BCUT2D eigenvalue weighted by atomic mass is 35.5. The van der Waals surface area contributed by atoms with E-state index in [1.54, 1.807) is 4.80 Å². The van der Waals surface area contributed by atoms with Gasteiger partial charge in [-0.05, 0) is 24.1 Å². The lowest BCUT2D eigenvalue weighted by atomic mass is 10.0. The van der Waals surface area contributed by atoms with E-state index in [9.17, 15) is 0 Å². The zero-order valence-corrected chi connectivity index (χ0v) is 8.02. The van der Waals surface area contributed by atoms with Crippen LogP contribution in [0.15, 0.2) is 6.33 Å². The maximum absolute atomic E-state index is 4.08. The smallest absolute Gasteiger partial charge is 0.162 e. The Morgan fingerprint density at radius 3 is 2.77 bits per heavy atom. The molecule has 1 aromatic rings. The van der Waals surface area contributed by atoms with E-state index in [0.29, 0.717) is 6.04 Å². The van der Waals surface area contributed by atoms with E-state index in [0.717, 1.165) is 12.5 Å². The molecule has 0 radical (unpaired) electrons. The van der Waals surface area contributed by atoms with Crippen molar-refractivity contribution in [1.29, 1.82) is 0 Å². The fraction of sp³-hybridized carbons (Fsp3) is 0.857. The summed E-state index contributed by atoms with van der Waals surface area (Å²) < 4.78 is 0. The van der Waals surface area contributed by atoms with Gasteiger partial charge in [-0.1, -0.05) is 0 Å². The van der Waals surface area contributed by atoms with Gasteiger partial charge in [0.1, 0.15) is 0 Å². The molecule has 3 rings (SSSR count).